The molecule has 0 amide bonds. The smallest absolute Gasteiger partial charge is 0.161 e. The Labute approximate surface area is 120 Å². The summed E-state index contributed by atoms with van der Waals surface area (Å²) in [7, 11) is 1.62. The molecular weight excluding hydrogens is 252 g/mol. The van der Waals surface area contributed by atoms with Crippen molar-refractivity contribution in [2.24, 2.45) is 0 Å². The van der Waals surface area contributed by atoms with Crippen molar-refractivity contribution in [3.8, 4) is 17.6 Å². The molecule has 1 heterocycles. The van der Waals surface area contributed by atoms with Crippen LogP contribution in [0.15, 0.2) is 18.2 Å². The quantitative estimate of drug-likeness (QED) is 0.860. The summed E-state index contributed by atoms with van der Waals surface area (Å²) < 4.78 is 11.0. The lowest BCUT2D eigenvalue weighted by Gasteiger charge is -2.35. The molecule has 20 heavy (non-hydrogen) atoms. The molecule has 0 aliphatic carbocycles. The molecule has 1 aromatic rings. The van der Waals surface area contributed by atoms with E-state index in [0.717, 1.165) is 23.6 Å². The first-order chi connectivity index (χ1) is 9.53. The van der Waals surface area contributed by atoms with Gasteiger partial charge >= 0.3 is 0 Å². The van der Waals surface area contributed by atoms with Gasteiger partial charge in [-0.05, 0) is 24.6 Å². The molecule has 0 unspecified atom stereocenters. The van der Waals surface area contributed by atoms with E-state index in [-0.39, 0.29) is 5.41 Å². The number of allylic oxidation sites excluding steroid dienone is 1. The summed E-state index contributed by atoms with van der Waals surface area (Å²) in [5.41, 5.74) is 2.98. The van der Waals surface area contributed by atoms with Gasteiger partial charge in [0, 0.05) is 23.6 Å². The number of nitriles is 1. The van der Waals surface area contributed by atoms with Crippen LogP contribution in [0, 0.1) is 11.3 Å². The molecule has 2 rings (SSSR count). The highest BCUT2D eigenvalue weighted by Crippen LogP contribution is 2.41. The molecule has 0 saturated heterocycles. The van der Waals surface area contributed by atoms with Crippen LogP contribution in [-0.4, -0.2) is 20.3 Å². The van der Waals surface area contributed by atoms with E-state index in [9.17, 15) is 0 Å². The van der Waals surface area contributed by atoms with Crippen molar-refractivity contribution in [3.05, 3.63) is 29.3 Å². The van der Waals surface area contributed by atoms with Crippen LogP contribution in [0.2, 0.25) is 0 Å². The molecular formula is C16H20N2O2. The summed E-state index contributed by atoms with van der Waals surface area (Å²) in [6, 6.07) is 6.06. The zero-order valence-electron chi connectivity index (χ0n) is 12.4. The lowest BCUT2D eigenvalue weighted by atomic mass is 9.78. The van der Waals surface area contributed by atoms with Gasteiger partial charge in [-0.2, -0.15) is 5.26 Å². The van der Waals surface area contributed by atoms with Gasteiger partial charge < -0.3 is 14.8 Å². The number of ether oxygens (including phenoxy) is 2. The van der Waals surface area contributed by atoms with E-state index in [0.29, 0.717) is 12.4 Å². The van der Waals surface area contributed by atoms with E-state index in [2.05, 4.69) is 25.2 Å². The van der Waals surface area contributed by atoms with Crippen molar-refractivity contribution in [1.82, 2.24) is 5.32 Å². The minimum Gasteiger partial charge on any atom is -0.493 e. The van der Waals surface area contributed by atoms with Crippen LogP contribution in [0.25, 0.3) is 5.70 Å². The molecule has 1 N–H and O–H groups in total. The lowest BCUT2D eigenvalue weighted by molar-refractivity contribution is 0.309. The third kappa shape index (κ3) is 2.44. The molecule has 0 bridgehead atoms. The zero-order chi connectivity index (χ0) is 14.8. The molecule has 1 aromatic carbocycles. The molecule has 0 spiro atoms. The maximum absolute atomic E-state index is 8.92. The van der Waals surface area contributed by atoms with Crippen LogP contribution in [0.4, 0.5) is 0 Å². The van der Waals surface area contributed by atoms with E-state index in [1.807, 2.05) is 19.1 Å². The monoisotopic (exact) mass is 272 g/mol. The van der Waals surface area contributed by atoms with Gasteiger partial charge in [0.1, 0.15) is 0 Å². The lowest BCUT2D eigenvalue weighted by Crippen LogP contribution is -2.38. The number of nitrogens with zero attached hydrogens (tertiary/aromatic N) is 1. The third-order valence-electron chi connectivity index (χ3n) is 3.55. The Morgan fingerprint density at radius 3 is 2.75 bits per heavy atom. The molecule has 0 atom stereocenters. The van der Waals surface area contributed by atoms with Crippen molar-refractivity contribution in [2.75, 3.05) is 20.3 Å². The Kier molecular flexibility index (Phi) is 3.89. The summed E-state index contributed by atoms with van der Waals surface area (Å²) in [6.07, 6.45) is 1.54. The maximum atomic E-state index is 8.92. The number of benzene rings is 1. The molecule has 1 aliphatic rings. The fraction of sp³-hybridized carbons (Fsp3) is 0.438. The molecule has 0 fully saturated rings. The van der Waals surface area contributed by atoms with Gasteiger partial charge in [0.15, 0.2) is 11.5 Å². The number of rotatable bonds is 3. The van der Waals surface area contributed by atoms with E-state index >= 15 is 0 Å². The fourth-order valence-electron chi connectivity index (χ4n) is 2.47. The summed E-state index contributed by atoms with van der Waals surface area (Å²) >= 11 is 0. The van der Waals surface area contributed by atoms with Gasteiger partial charge in [-0.3, -0.25) is 0 Å². The van der Waals surface area contributed by atoms with Crippen molar-refractivity contribution in [3.63, 3.8) is 0 Å². The second-order valence-electron chi connectivity index (χ2n) is 5.41. The van der Waals surface area contributed by atoms with Crippen molar-refractivity contribution >= 4 is 5.70 Å². The van der Waals surface area contributed by atoms with Crippen LogP contribution < -0.4 is 14.8 Å². The van der Waals surface area contributed by atoms with Crippen LogP contribution in [-0.2, 0) is 5.41 Å². The Morgan fingerprint density at radius 1 is 1.40 bits per heavy atom. The number of fused-ring (bicyclic) bond motifs is 1. The fourth-order valence-corrected chi connectivity index (χ4v) is 2.47. The number of hydrogen-bond acceptors (Lipinski definition) is 4. The highest BCUT2D eigenvalue weighted by atomic mass is 16.5. The SMILES string of the molecule is CCOc1cc2c(cc1OC)C(=CC#N)NCC2(C)C. The molecule has 0 aromatic heterocycles. The van der Waals surface area contributed by atoms with Crippen molar-refractivity contribution < 1.29 is 9.47 Å². The summed E-state index contributed by atoms with van der Waals surface area (Å²) in [4.78, 5) is 0. The first-order valence-corrected chi connectivity index (χ1v) is 6.73. The number of hydrogen-bond donors (Lipinski definition) is 1. The topological polar surface area (TPSA) is 54.3 Å². The first-order valence-electron chi connectivity index (χ1n) is 6.73. The van der Waals surface area contributed by atoms with E-state index in [4.69, 9.17) is 14.7 Å². The second kappa shape index (κ2) is 5.46. The predicted octanol–water partition coefficient (Wildman–Crippen LogP) is 2.84. The van der Waals surface area contributed by atoms with Gasteiger partial charge in [0.05, 0.1) is 25.5 Å². The van der Waals surface area contributed by atoms with Gasteiger partial charge in [-0.15, -0.1) is 0 Å². The van der Waals surface area contributed by atoms with Gasteiger partial charge in [-0.25, -0.2) is 0 Å². The highest BCUT2D eigenvalue weighted by molar-refractivity contribution is 5.74. The van der Waals surface area contributed by atoms with E-state index in [1.54, 1.807) is 7.11 Å². The van der Waals surface area contributed by atoms with Crippen LogP contribution in [0.5, 0.6) is 11.5 Å². The van der Waals surface area contributed by atoms with E-state index < -0.39 is 0 Å². The standard InChI is InChI=1S/C16H20N2O2/c1-5-20-15-9-12-11(8-14(15)19-4)13(6-7-17)18-10-16(12,2)3/h6,8-9,18H,5,10H2,1-4H3. The molecule has 1 aliphatic heterocycles. The molecule has 4 heteroatoms. The molecule has 106 valence electrons. The third-order valence-corrected chi connectivity index (χ3v) is 3.55. The van der Waals surface area contributed by atoms with Gasteiger partial charge in [0.2, 0.25) is 0 Å². The Hall–Kier alpha value is -2.15. The minimum absolute atomic E-state index is 0.0275. The average Bonchev–Trinajstić information content (AvgIpc) is 2.42. The molecule has 4 nitrogen and oxygen atoms in total. The van der Waals surface area contributed by atoms with Crippen LogP contribution in [0.3, 0.4) is 0 Å². The van der Waals surface area contributed by atoms with Crippen LogP contribution >= 0.6 is 0 Å². The number of nitrogens with one attached hydrogen (secondary N) is 1. The Balaban J connectivity index is 2.65. The minimum atomic E-state index is -0.0275. The van der Waals surface area contributed by atoms with Crippen molar-refractivity contribution in [2.45, 2.75) is 26.2 Å². The first kappa shape index (κ1) is 14.3. The number of methoxy groups -OCH3 is 1. The second-order valence-corrected chi connectivity index (χ2v) is 5.41. The Morgan fingerprint density at radius 2 is 2.15 bits per heavy atom. The molecule has 0 radical (unpaired) electrons. The van der Waals surface area contributed by atoms with Gasteiger partial charge in [-0.1, -0.05) is 13.8 Å². The predicted molar refractivity (Wildman–Crippen MR) is 78.8 cm³/mol. The summed E-state index contributed by atoms with van der Waals surface area (Å²) in [5, 5.41) is 12.2. The van der Waals surface area contributed by atoms with Gasteiger partial charge in [0.25, 0.3) is 0 Å². The maximum Gasteiger partial charge on any atom is 0.161 e. The zero-order valence-corrected chi connectivity index (χ0v) is 12.4. The largest absolute Gasteiger partial charge is 0.493 e. The molecule has 0 saturated carbocycles. The van der Waals surface area contributed by atoms with Crippen molar-refractivity contribution in [1.29, 1.82) is 5.26 Å². The highest BCUT2D eigenvalue weighted by Gasteiger charge is 2.31. The normalized spacial score (nSPS) is 17.9. The Bertz CT molecular complexity index is 583. The van der Waals surface area contributed by atoms with Crippen LogP contribution in [0.1, 0.15) is 31.9 Å². The average molecular weight is 272 g/mol. The summed E-state index contributed by atoms with van der Waals surface area (Å²) in [5.74, 6) is 1.44. The summed E-state index contributed by atoms with van der Waals surface area (Å²) in [6.45, 7) is 7.67. The van der Waals surface area contributed by atoms with E-state index in [1.165, 1.54) is 11.6 Å².